The number of aliphatic hydroxyl groups excluding tert-OH is 8. The second-order valence-corrected chi connectivity index (χ2v) is 26.7. The number of amides is 1. The summed E-state index contributed by atoms with van der Waals surface area (Å²) in [5.41, 5.74) is 0. The first-order valence-corrected chi connectivity index (χ1v) is 38.9. The summed E-state index contributed by atoms with van der Waals surface area (Å²) >= 11 is 0. The number of ether oxygens (including phenoxy) is 4. The fourth-order valence-electron chi connectivity index (χ4n) is 11.9. The zero-order chi connectivity index (χ0) is 70.1. The summed E-state index contributed by atoms with van der Waals surface area (Å²) in [5, 5.41) is 87.6. The highest BCUT2D eigenvalue weighted by Gasteiger charge is 2.51. The molecule has 556 valence electrons. The van der Waals surface area contributed by atoms with E-state index in [0.29, 0.717) is 12.8 Å². The summed E-state index contributed by atoms with van der Waals surface area (Å²) in [6.07, 6.45) is 80.9. The van der Waals surface area contributed by atoms with E-state index in [1.807, 2.05) is 6.08 Å². The van der Waals surface area contributed by atoms with Crippen LogP contribution in [0.4, 0.5) is 0 Å². The number of carbonyl (C=O) groups excluding carboxylic acids is 1. The molecule has 0 radical (unpaired) electrons. The standard InChI is InChI=1S/C83H141NO13/c1-3-5-7-9-11-13-15-17-19-21-23-25-27-29-30-31-32-33-34-35-36-37-38-39-40-41-42-43-45-47-49-51-53-55-57-59-61-63-65-67-75(88)84-71(70-94-82-80(93)78(91)81(74(69-86)96-82)97-83-79(92)77(90)76(89)73(68-85)95-83)72(87)66-64-62-60-58-56-54-52-50-48-46-44-28-26-24-22-20-18-16-14-12-10-8-6-4-2/h5,7,11,13,17,19,23,25,29-30,32-33,35-36,38-39,41-42,56,58,64,66,71-74,76-83,85-87,89-93H,3-4,6,8-10,12,14-16,18,20-22,24,26-28,31,34,37,40,43-55,57,59-63,65,67-70H2,1-2H3,(H,84,88)/b7-5-,13-11-,19-17-,25-23-,30-29-,33-32-,36-35-,39-38-,42-41-,58-56+,66-64+. The summed E-state index contributed by atoms with van der Waals surface area (Å²) in [5.74, 6) is -0.255. The first-order chi connectivity index (χ1) is 47.6. The summed E-state index contributed by atoms with van der Waals surface area (Å²) < 4.78 is 22.9. The van der Waals surface area contributed by atoms with E-state index >= 15 is 0 Å². The average Bonchev–Trinajstić information content (AvgIpc) is 0.794. The SMILES string of the molecule is CC/C=C\C/C=C\C/C=C\C/C=C\C/C=C\C/C=C\C/C=C\C/C=C\C/C=C\CCCCCCCCCCCCCC(=O)NC(COC1OC(CO)C(OC2OC(CO)C(O)C(O)C2O)C(O)C1O)C(O)/C=C/CC/C=C/CCCCCCCCCCCCCCCCCCCC. The quantitative estimate of drug-likeness (QED) is 0.0204. The maximum Gasteiger partial charge on any atom is 0.220 e. The van der Waals surface area contributed by atoms with Gasteiger partial charge in [-0.1, -0.05) is 314 Å². The summed E-state index contributed by atoms with van der Waals surface area (Å²) in [6.45, 7) is 2.69. The summed E-state index contributed by atoms with van der Waals surface area (Å²) in [4.78, 5) is 13.4. The Kier molecular flexibility index (Phi) is 60.2. The number of unbranched alkanes of at least 4 members (excludes halogenated alkanes) is 30. The molecule has 0 aromatic heterocycles. The summed E-state index contributed by atoms with van der Waals surface area (Å²) in [7, 11) is 0. The van der Waals surface area contributed by atoms with Crippen molar-refractivity contribution >= 4 is 5.91 Å². The minimum absolute atomic E-state index is 0.255. The molecule has 14 heteroatoms. The van der Waals surface area contributed by atoms with Gasteiger partial charge in [0.25, 0.3) is 0 Å². The Bertz CT molecular complexity index is 2140. The van der Waals surface area contributed by atoms with Crippen molar-refractivity contribution in [2.24, 2.45) is 0 Å². The van der Waals surface area contributed by atoms with E-state index in [4.69, 9.17) is 18.9 Å². The number of carbonyl (C=O) groups is 1. The molecule has 12 unspecified atom stereocenters. The molecule has 0 saturated carbocycles. The number of allylic oxidation sites excluding steroid dienone is 21. The van der Waals surface area contributed by atoms with Gasteiger partial charge in [-0.3, -0.25) is 4.79 Å². The maximum absolute atomic E-state index is 13.4. The molecule has 2 fully saturated rings. The van der Waals surface area contributed by atoms with Crippen molar-refractivity contribution in [2.75, 3.05) is 19.8 Å². The zero-order valence-corrected chi connectivity index (χ0v) is 60.8. The highest BCUT2D eigenvalue weighted by atomic mass is 16.7. The molecule has 2 rings (SSSR count). The van der Waals surface area contributed by atoms with E-state index in [-0.39, 0.29) is 18.9 Å². The van der Waals surface area contributed by atoms with Crippen LogP contribution in [0.25, 0.3) is 0 Å². The molecular formula is C83H141NO13. The predicted octanol–water partition coefficient (Wildman–Crippen LogP) is 17.4. The molecule has 0 bridgehead atoms. The van der Waals surface area contributed by atoms with Crippen molar-refractivity contribution in [3.05, 3.63) is 134 Å². The molecule has 2 aliphatic heterocycles. The van der Waals surface area contributed by atoms with E-state index in [2.05, 4.69) is 141 Å². The number of rotatable bonds is 63. The van der Waals surface area contributed by atoms with Crippen LogP contribution in [0, 0.1) is 0 Å². The maximum atomic E-state index is 13.4. The normalized spacial score (nSPS) is 22.9. The lowest BCUT2D eigenvalue weighted by atomic mass is 9.97. The van der Waals surface area contributed by atoms with Gasteiger partial charge in [-0.2, -0.15) is 0 Å². The Morgan fingerprint density at radius 1 is 0.381 bits per heavy atom. The largest absolute Gasteiger partial charge is 0.394 e. The van der Waals surface area contributed by atoms with Crippen LogP contribution in [-0.2, 0) is 23.7 Å². The predicted molar refractivity (Wildman–Crippen MR) is 401 cm³/mol. The van der Waals surface area contributed by atoms with Crippen LogP contribution in [0.15, 0.2) is 134 Å². The Morgan fingerprint density at radius 3 is 1.13 bits per heavy atom. The zero-order valence-electron chi connectivity index (χ0n) is 60.8. The topological polar surface area (TPSA) is 228 Å². The molecule has 0 aliphatic carbocycles. The van der Waals surface area contributed by atoms with Crippen molar-refractivity contribution in [1.82, 2.24) is 5.32 Å². The van der Waals surface area contributed by atoms with Crippen molar-refractivity contribution in [1.29, 1.82) is 0 Å². The number of hydrogen-bond acceptors (Lipinski definition) is 13. The van der Waals surface area contributed by atoms with Gasteiger partial charge in [-0.25, -0.2) is 0 Å². The van der Waals surface area contributed by atoms with E-state index in [1.54, 1.807) is 6.08 Å². The van der Waals surface area contributed by atoms with Crippen LogP contribution >= 0.6 is 0 Å². The van der Waals surface area contributed by atoms with Crippen LogP contribution in [0.1, 0.15) is 290 Å². The molecule has 2 saturated heterocycles. The van der Waals surface area contributed by atoms with Gasteiger partial charge in [0.2, 0.25) is 5.91 Å². The lowest BCUT2D eigenvalue weighted by Gasteiger charge is -2.46. The van der Waals surface area contributed by atoms with Crippen LogP contribution < -0.4 is 5.32 Å². The minimum atomic E-state index is -1.80. The fourth-order valence-corrected chi connectivity index (χ4v) is 11.9. The van der Waals surface area contributed by atoms with Gasteiger partial charge >= 0.3 is 0 Å². The molecule has 0 aromatic carbocycles. The lowest BCUT2D eigenvalue weighted by Crippen LogP contribution is -2.65. The van der Waals surface area contributed by atoms with Crippen LogP contribution in [-0.4, -0.2) is 140 Å². The molecule has 9 N–H and O–H groups in total. The molecule has 12 atom stereocenters. The Morgan fingerprint density at radius 2 is 0.722 bits per heavy atom. The van der Waals surface area contributed by atoms with Gasteiger partial charge in [0.1, 0.15) is 48.8 Å². The average molecular weight is 1360 g/mol. The fraction of sp³-hybridized carbons (Fsp3) is 0.723. The number of hydrogen-bond donors (Lipinski definition) is 9. The second kappa shape index (κ2) is 65.4. The van der Waals surface area contributed by atoms with Gasteiger partial charge in [0.05, 0.1) is 32.0 Å². The monoisotopic (exact) mass is 1360 g/mol. The molecule has 2 aliphatic rings. The van der Waals surface area contributed by atoms with Crippen molar-refractivity contribution in [3.8, 4) is 0 Å². The molecule has 14 nitrogen and oxygen atoms in total. The first kappa shape index (κ1) is 89.2. The molecule has 1 amide bonds. The Labute approximate surface area is 590 Å². The van der Waals surface area contributed by atoms with Crippen molar-refractivity contribution in [3.63, 3.8) is 0 Å². The van der Waals surface area contributed by atoms with Crippen LogP contribution in [0.3, 0.4) is 0 Å². The van der Waals surface area contributed by atoms with E-state index < -0.39 is 86.8 Å². The highest BCUT2D eigenvalue weighted by molar-refractivity contribution is 5.76. The number of nitrogens with one attached hydrogen (secondary N) is 1. The second-order valence-electron chi connectivity index (χ2n) is 26.7. The third-order valence-electron chi connectivity index (χ3n) is 18.1. The molecule has 0 aromatic rings. The van der Waals surface area contributed by atoms with Gasteiger partial charge in [-0.05, 0) is 103 Å². The highest BCUT2D eigenvalue weighted by Crippen LogP contribution is 2.30. The third kappa shape index (κ3) is 48.6. The molecular weight excluding hydrogens is 1220 g/mol. The van der Waals surface area contributed by atoms with Gasteiger partial charge in [0.15, 0.2) is 12.6 Å². The summed E-state index contributed by atoms with van der Waals surface area (Å²) in [6, 6.07) is -0.943. The lowest BCUT2D eigenvalue weighted by molar-refractivity contribution is -0.359. The van der Waals surface area contributed by atoms with Gasteiger partial charge in [-0.15, -0.1) is 0 Å². The van der Waals surface area contributed by atoms with Gasteiger partial charge < -0.3 is 65.1 Å². The smallest absolute Gasteiger partial charge is 0.220 e. The number of aliphatic hydroxyl groups is 8. The van der Waals surface area contributed by atoms with Gasteiger partial charge in [0, 0.05) is 6.42 Å². The molecule has 0 spiro atoms. The van der Waals surface area contributed by atoms with Crippen LogP contribution in [0.5, 0.6) is 0 Å². The van der Waals surface area contributed by atoms with E-state index in [9.17, 15) is 45.6 Å². The van der Waals surface area contributed by atoms with Crippen LogP contribution in [0.2, 0.25) is 0 Å². The third-order valence-corrected chi connectivity index (χ3v) is 18.1. The Balaban J connectivity index is 1.64. The van der Waals surface area contributed by atoms with E-state index in [1.165, 1.54) is 161 Å². The Hall–Kier alpha value is -3.87. The van der Waals surface area contributed by atoms with Crippen molar-refractivity contribution < 1.29 is 64.6 Å². The molecule has 97 heavy (non-hydrogen) atoms. The minimum Gasteiger partial charge on any atom is -0.394 e. The van der Waals surface area contributed by atoms with E-state index in [0.717, 1.165) is 96.3 Å². The van der Waals surface area contributed by atoms with Crippen molar-refractivity contribution in [2.45, 2.75) is 364 Å². The molecule has 2 heterocycles. The first-order valence-electron chi connectivity index (χ1n) is 38.9.